The minimum absolute atomic E-state index is 0.0296. The summed E-state index contributed by atoms with van der Waals surface area (Å²) in [7, 11) is 1.63. The average molecular weight is 668 g/mol. The van der Waals surface area contributed by atoms with Gasteiger partial charge in [-0.2, -0.15) is 0 Å². The van der Waals surface area contributed by atoms with E-state index in [4.69, 9.17) is 14.6 Å². The highest BCUT2D eigenvalue weighted by atomic mass is 19.1. The first-order valence-corrected chi connectivity index (χ1v) is 16.1. The minimum atomic E-state index is -1.71. The lowest BCUT2D eigenvalue weighted by atomic mass is 9.92. The first-order chi connectivity index (χ1) is 22.6. The summed E-state index contributed by atoms with van der Waals surface area (Å²) in [6.45, 7) is 2.78. The predicted molar refractivity (Wildman–Crippen MR) is 167 cm³/mol. The van der Waals surface area contributed by atoms with Crippen LogP contribution in [-0.2, 0) is 22.6 Å². The fourth-order valence-electron chi connectivity index (χ4n) is 5.85. The van der Waals surface area contributed by atoms with Gasteiger partial charge in [-0.1, -0.05) is 0 Å². The van der Waals surface area contributed by atoms with E-state index in [1.165, 1.54) is 4.90 Å². The standard InChI is InChI=1S/C32H47F2N5O8/c1-46-19-21-13-36-32(37-14-21)38-6-4-20(5-7-38)3-2-8-47-23-9-25(33)24(26(34)10-23)11-29(43)39-16-22(17-39)12-35-15-27(41)30(44)31(45)28(42)18-40/h9-10,13-14,20,22,27-28,30-31,35,40-42,44-45H,2-8,11-12,15-19H2,1H3/t27-,28+,30+,31+/m0/s1. The molecule has 0 bridgehead atoms. The van der Waals surface area contributed by atoms with Crippen molar-refractivity contribution in [3.05, 3.63) is 47.3 Å². The number of hydrogen-bond donors (Lipinski definition) is 6. The summed E-state index contributed by atoms with van der Waals surface area (Å²) < 4.78 is 40.3. The number of carbonyl (C=O) groups is 1. The highest BCUT2D eigenvalue weighted by Gasteiger charge is 2.33. The summed E-state index contributed by atoms with van der Waals surface area (Å²) in [4.78, 5) is 25.2. The van der Waals surface area contributed by atoms with E-state index in [0.717, 1.165) is 62.4 Å². The number of aromatic nitrogens is 2. The molecule has 2 aliphatic heterocycles. The molecule has 0 unspecified atom stereocenters. The van der Waals surface area contributed by atoms with Crippen LogP contribution in [-0.4, -0.2) is 130 Å². The molecule has 4 rings (SSSR count). The number of nitrogens with zero attached hydrogens (tertiary/aromatic N) is 4. The predicted octanol–water partition coefficient (Wildman–Crippen LogP) is 0.00320. The maximum Gasteiger partial charge on any atom is 0.227 e. The van der Waals surface area contributed by atoms with Crippen LogP contribution in [0.3, 0.4) is 0 Å². The van der Waals surface area contributed by atoms with Gasteiger partial charge < -0.3 is 50.1 Å². The lowest BCUT2D eigenvalue weighted by Crippen LogP contribution is -2.55. The summed E-state index contributed by atoms with van der Waals surface area (Å²) >= 11 is 0. The largest absolute Gasteiger partial charge is 0.493 e. The number of hydrogen-bond acceptors (Lipinski definition) is 12. The third kappa shape index (κ3) is 10.5. The Hall–Kier alpha value is -3.05. The van der Waals surface area contributed by atoms with E-state index in [-0.39, 0.29) is 23.8 Å². The number of methoxy groups -OCH3 is 1. The molecule has 13 nitrogen and oxygen atoms in total. The number of carbonyl (C=O) groups excluding carboxylic acids is 1. The summed E-state index contributed by atoms with van der Waals surface area (Å²) in [6.07, 6.45) is 0.485. The molecular weight excluding hydrogens is 620 g/mol. The van der Waals surface area contributed by atoms with E-state index in [1.54, 1.807) is 19.5 Å². The number of rotatable bonds is 18. The fraction of sp³-hybridized carbons (Fsp3) is 0.656. The van der Waals surface area contributed by atoms with Crippen molar-refractivity contribution in [2.24, 2.45) is 11.8 Å². The Bertz CT molecular complexity index is 1240. The van der Waals surface area contributed by atoms with E-state index in [1.807, 2.05) is 0 Å². The molecule has 2 aliphatic rings. The van der Waals surface area contributed by atoms with E-state index in [0.29, 0.717) is 38.8 Å². The average Bonchev–Trinajstić information content (AvgIpc) is 3.05. The Labute approximate surface area is 273 Å². The zero-order valence-electron chi connectivity index (χ0n) is 26.7. The van der Waals surface area contributed by atoms with Gasteiger partial charge in [-0.25, -0.2) is 18.7 Å². The molecule has 6 N–H and O–H groups in total. The number of amides is 1. The molecule has 47 heavy (non-hydrogen) atoms. The van der Waals surface area contributed by atoms with Crippen molar-refractivity contribution in [1.82, 2.24) is 20.2 Å². The third-order valence-electron chi connectivity index (χ3n) is 8.79. The molecule has 0 saturated carbocycles. The lowest BCUT2D eigenvalue weighted by Gasteiger charge is -2.39. The van der Waals surface area contributed by atoms with Crippen LogP contribution in [0.15, 0.2) is 24.5 Å². The second kappa shape index (κ2) is 17.9. The minimum Gasteiger partial charge on any atom is -0.493 e. The van der Waals surface area contributed by atoms with Gasteiger partial charge in [0, 0.05) is 87.9 Å². The van der Waals surface area contributed by atoms with Gasteiger partial charge in [0.2, 0.25) is 11.9 Å². The summed E-state index contributed by atoms with van der Waals surface area (Å²) in [6, 6.07) is 2.22. The molecule has 1 aromatic carbocycles. The van der Waals surface area contributed by atoms with Crippen molar-refractivity contribution in [3.63, 3.8) is 0 Å². The first kappa shape index (κ1) is 36.8. The van der Waals surface area contributed by atoms with E-state index < -0.39 is 55.0 Å². The number of nitrogens with one attached hydrogen (secondary N) is 1. The van der Waals surface area contributed by atoms with Crippen molar-refractivity contribution in [2.45, 2.75) is 63.1 Å². The van der Waals surface area contributed by atoms with E-state index >= 15 is 0 Å². The molecular formula is C32H47F2N5O8. The van der Waals surface area contributed by atoms with Gasteiger partial charge in [-0.3, -0.25) is 4.79 Å². The van der Waals surface area contributed by atoms with Crippen molar-refractivity contribution >= 4 is 11.9 Å². The maximum absolute atomic E-state index is 14.8. The number of halogens is 2. The molecule has 262 valence electrons. The number of aliphatic hydroxyl groups is 5. The number of benzene rings is 1. The SMILES string of the molecule is COCc1cnc(N2CCC(CCCOc3cc(F)c(CC(=O)N4CC(CNC[C@H](O)[C@@H](O)[C@H](O)[C@H](O)CO)C4)c(F)c3)CC2)nc1. The van der Waals surface area contributed by atoms with Gasteiger partial charge in [0.25, 0.3) is 0 Å². The summed E-state index contributed by atoms with van der Waals surface area (Å²) in [5.41, 5.74) is 0.617. The van der Waals surface area contributed by atoms with Crippen molar-refractivity contribution in [2.75, 3.05) is 64.5 Å². The highest BCUT2D eigenvalue weighted by molar-refractivity contribution is 5.79. The Morgan fingerprint density at radius 3 is 2.28 bits per heavy atom. The van der Waals surface area contributed by atoms with Gasteiger partial charge in [0.1, 0.15) is 35.7 Å². The maximum atomic E-state index is 14.8. The zero-order chi connectivity index (χ0) is 33.9. The molecule has 4 atom stereocenters. The van der Waals surface area contributed by atoms with Crippen LogP contribution in [0, 0.1) is 23.5 Å². The number of ether oxygens (including phenoxy) is 2. The molecule has 1 aromatic heterocycles. The Balaban J connectivity index is 1.11. The summed E-state index contributed by atoms with van der Waals surface area (Å²) in [5, 5.41) is 50.7. The number of likely N-dealkylation sites (tertiary alicyclic amines) is 1. The van der Waals surface area contributed by atoms with Crippen LogP contribution in [0.1, 0.15) is 36.8 Å². The second-order valence-electron chi connectivity index (χ2n) is 12.4. The van der Waals surface area contributed by atoms with E-state index in [2.05, 4.69) is 20.2 Å². The molecule has 0 aliphatic carbocycles. The Morgan fingerprint density at radius 1 is 1.02 bits per heavy atom. The van der Waals surface area contributed by atoms with Crippen LogP contribution in [0.4, 0.5) is 14.7 Å². The number of piperidine rings is 1. The number of anilines is 1. The van der Waals surface area contributed by atoms with Gasteiger partial charge in [0.15, 0.2) is 0 Å². The van der Waals surface area contributed by atoms with Crippen LogP contribution < -0.4 is 15.0 Å². The third-order valence-corrected chi connectivity index (χ3v) is 8.79. The zero-order valence-corrected chi connectivity index (χ0v) is 26.7. The molecule has 2 saturated heterocycles. The molecule has 2 fully saturated rings. The molecule has 0 radical (unpaired) electrons. The first-order valence-electron chi connectivity index (χ1n) is 16.1. The quantitative estimate of drug-likeness (QED) is 0.117. The molecule has 3 heterocycles. The van der Waals surface area contributed by atoms with Gasteiger partial charge in [0.05, 0.1) is 32.3 Å². The Kier molecular flexibility index (Phi) is 14.0. The molecule has 15 heteroatoms. The van der Waals surface area contributed by atoms with E-state index in [9.17, 15) is 34.0 Å². The summed E-state index contributed by atoms with van der Waals surface area (Å²) in [5.74, 6) is -0.731. The van der Waals surface area contributed by atoms with Gasteiger partial charge in [-0.05, 0) is 31.6 Å². The van der Waals surface area contributed by atoms with Crippen molar-refractivity contribution < 1.29 is 48.6 Å². The second-order valence-corrected chi connectivity index (χ2v) is 12.4. The molecule has 2 aromatic rings. The lowest BCUT2D eigenvalue weighted by molar-refractivity contribution is -0.136. The van der Waals surface area contributed by atoms with Gasteiger partial charge in [-0.15, -0.1) is 0 Å². The van der Waals surface area contributed by atoms with Crippen molar-refractivity contribution in [1.29, 1.82) is 0 Å². The molecule has 1 amide bonds. The van der Waals surface area contributed by atoms with Crippen LogP contribution in [0.5, 0.6) is 5.75 Å². The number of aliphatic hydroxyl groups excluding tert-OH is 5. The van der Waals surface area contributed by atoms with Crippen LogP contribution in [0.2, 0.25) is 0 Å². The topological polar surface area (TPSA) is 181 Å². The van der Waals surface area contributed by atoms with Crippen LogP contribution in [0.25, 0.3) is 0 Å². The Morgan fingerprint density at radius 2 is 1.66 bits per heavy atom. The van der Waals surface area contributed by atoms with Crippen LogP contribution >= 0.6 is 0 Å². The van der Waals surface area contributed by atoms with Crippen molar-refractivity contribution in [3.8, 4) is 5.75 Å². The van der Waals surface area contributed by atoms with Gasteiger partial charge >= 0.3 is 0 Å². The normalized spacial score (nSPS) is 18.5. The fourth-order valence-corrected chi connectivity index (χ4v) is 5.85. The molecule has 0 spiro atoms. The smallest absolute Gasteiger partial charge is 0.227 e. The highest BCUT2D eigenvalue weighted by Crippen LogP contribution is 2.26. The monoisotopic (exact) mass is 667 g/mol.